The van der Waals surface area contributed by atoms with E-state index in [9.17, 15) is 4.79 Å². The Balaban J connectivity index is 2.02. The van der Waals surface area contributed by atoms with E-state index in [2.05, 4.69) is 10.2 Å². The SMILES string of the molecule is CC(C)n1c(N)nnc1SCC(=O)N(C)c1ccccc1. The molecule has 1 heterocycles. The Morgan fingerprint density at radius 3 is 2.62 bits per heavy atom. The van der Waals surface area contributed by atoms with E-state index in [0.29, 0.717) is 11.1 Å². The molecule has 2 N–H and O–H groups in total. The molecular weight excluding hydrogens is 286 g/mol. The molecule has 0 bridgehead atoms. The second-order valence-electron chi connectivity index (χ2n) is 4.88. The quantitative estimate of drug-likeness (QED) is 0.857. The van der Waals surface area contributed by atoms with Crippen molar-refractivity contribution in [3.05, 3.63) is 30.3 Å². The van der Waals surface area contributed by atoms with Gasteiger partial charge in [-0.25, -0.2) is 0 Å². The van der Waals surface area contributed by atoms with Crippen LogP contribution in [-0.2, 0) is 4.79 Å². The summed E-state index contributed by atoms with van der Waals surface area (Å²) in [4.78, 5) is 13.9. The van der Waals surface area contributed by atoms with Crippen LogP contribution in [0, 0.1) is 0 Å². The average molecular weight is 305 g/mol. The number of nitrogen functional groups attached to an aromatic ring is 1. The number of carbonyl (C=O) groups excluding carboxylic acids is 1. The lowest BCUT2D eigenvalue weighted by Gasteiger charge is -2.17. The Morgan fingerprint density at radius 2 is 2.00 bits per heavy atom. The van der Waals surface area contributed by atoms with E-state index < -0.39 is 0 Å². The zero-order valence-corrected chi connectivity index (χ0v) is 13.2. The van der Waals surface area contributed by atoms with Gasteiger partial charge in [-0.05, 0) is 26.0 Å². The number of carbonyl (C=O) groups is 1. The molecule has 112 valence electrons. The summed E-state index contributed by atoms with van der Waals surface area (Å²) in [5.74, 6) is 0.662. The predicted molar refractivity (Wildman–Crippen MR) is 85.4 cm³/mol. The van der Waals surface area contributed by atoms with Gasteiger partial charge < -0.3 is 10.6 Å². The topological polar surface area (TPSA) is 77.0 Å². The van der Waals surface area contributed by atoms with E-state index in [-0.39, 0.29) is 17.7 Å². The lowest BCUT2D eigenvalue weighted by atomic mass is 10.3. The lowest BCUT2D eigenvalue weighted by Crippen LogP contribution is -2.28. The summed E-state index contributed by atoms with van der Waals surface area (Å²) in [6.07, 6.45) is 0. The number of nitrogens with zero attached hydrogens (tertiary/aromatic N) is 4. The van der Waals surface area contributed by atoms with Crippen LogP contribution in [0.5, 0.6) is 0 Å². The number of hydrogen-bond donors (Lipinski definition) is 1. The minimum absolute atomic E-state index is 0.00285. The van der Waals surface area contributed by atoms with Gasteiger partial charge in [-0.1, -0.05) is 30.0 Å². The van der Waals surface area contributed by atoms with E-state index >= 15 is 0 Å². The maximum atomic E-state index is 12.2. The molecule has 0 saturated carbocycles. The number of amides is 1. The van der Waals surface area contributed by atoms with E-state index in [1.165, 1.54) is 11.8 Å². The summed E-state index contributed by atoms with van der Waals surface area (Å²) in [5.41, 5.74) is 6.65. The normalized spacial score (nSPS) is 10.9. The summed E-state index contributed by atoms with van der Waals surface area (Å²) in [6, 6.07) is 9.69. The van der Waals surface area contributed by atoms with E-state index in [0.717, 1.165) is 5.69 Å². The third-order valence-electron chi connectivity index (χ3n) is 3.05. The maximum absolute atomic E-state index is 12.2. The first-order valence-corrected chi connectivity index (χ1v) is 7.64. The molecule has 2 rings (SSSR count). The molecule has 0 aliphatic rings. The predicted octanol–water partition coefficient (Wildman–Crippen LogP) is 2.20. The minimum atomic E-state index is 0.00285. The Kier molecular flexibility index (Phi) is 4.85. The Morgan fingerprint density at radius 1 is 1.33 bits per heavy atom. The molecule has 1 aromatic carbocycles. The summed E-state index contributed by atoms with van der Waals surface area (Å²) < 4.78 is 1.82. The number of anilines is 2. The molecule has 0 unspecified atom stereocenters. The fourth-order valence-electron chi connectivity index (χ4n) is 1.89. The van der Waals surface area contributed by atoms with Crippen molar-refractivity contribution in [3.8, 4) is 0 Å². The Labute approximate surface area is 128 Å². The number of aromatic nitrogens is 3. The van der Waals surface area contributed by atoms with Crippen LogP contribution in [0.2, 0.25) is 0 Å². The molecule has 0 fully saturated rings. The van der Waals surface area contributed by atoms with Crippen LogP contribution in [-0.4, -0.2) is 33.5 Å². The zero-order chi connectivity index (χ0) is 15.4. The van der Waals surface area contributed by atoms with Crippen molar-refractivity contribution in [1.82, 2.24) is 14.8 Å². The highest BCUT2D eigenvalue weighted by molar-refractivity contribution is 7.99. The minimum Gasteiger partial charge on any atom is -0.368 e. The monoisotopic (exact) mass is 305 g/mol. The smallest absolute Gasteiger partial charge is 0.237 e. The van der Waals surface area contributed by atoms with Gasteiger partial charge in [-0.15, -0.1) is 10.2 Å². The highest BCUT2D eigenvalue weighted by Gasteiger charge is 2.16. The van der Waals surface area contributed by atoms with Gasteiger partial charge in [0.05, 0.1) is 5.75 Å². The summed E-state index contributed by atoms with van der Waals surface area (Å²) in [6.45, 7) is 4.00. The molecule has 0 aliphatic heterocycles. The highest BCUT2D eigenvalue weighted by Crippen LogP contribution is 2.23. The van der Waals surface area contributed by atoms with Crippen LogP contribution in [0.3, 0.4) is 0 Å². The first kappa shape index (κ1) is 15.4. The summed E-state index contributed by atoms with van der Waals surface area (Å²) in [7, 11) is 1.76. The van der Waals surface area contributed by atoms with Crippen molar-refractivity contribution in [2.75, 3.05) is 23.4 Å². The fraction of sp³-hybridized carbons (Fsp3) is 0.357. The summed E-state index contributed by atoms with van der Waals surface area (Å²) >= 11 is 1.35. The van der Waals surface area contributed by atoms with Gasteiger partial charge in [0.1, 0.15) is 0 Å². The standard InChI is InChI=1S/C14H19N5OS/c1-10(2)19-13(15)16-17-14(19)21-9-12(20)18(3)11-7-5-4-6-8-11/h4-8,10H,9H2,1-3H3,(H2,15,16). The molecule has 0 aliphatic carbocycles. The number of nitrogens with two attached hydrogens (primary N) is 1. The third-order valence-corrected chi connectivity index (χ3v) is 3.98. The second kappa shape index (κ2) is 6.62. The van der Waals surface area contributed by atoms with Crippen molar-refractivity contribution in [3.63, 3.8) is 0 Å². The molecule has 6 nitrogen and oxygen atoms in total. The number of hydrogen-bond acceptors (Lipinski definition) is 5. The van der Waals surface area contributed by atoms with Gasteiger partial charge >= 0.3 is 0 Å². The maximum Gasteiger partial charge on any atom is 0.237 e. The van der Waals surface area contributed by atoms with Crippen LogP contribution in [0.1, 0.15) is 19.9 Å². The van der Waals surface area contributed by atoms with E-state index in [4.69, 9.17) is 5.73 Å². The molecule has 7 heteroatoms. The van der Waals surface area contributed by atoms with Crippen molar-refractivity contribution in [2.24, 2.45) is 0 Å². The van der Waals surface area contributed by atoms with Crippen LogP contribution < -0.4 is 10.6 Å². The van der Waals surface area contributed by atoms with Gasteiger partial charge in [-0.2, -0.15) is 0 Å². The number of para-hydroxylation sites is 1. The van der Waals surface area contributed by atoms with Gasteiger partial charge in [0.15, 0.2) is 5.16 Å². The highest BCUT2D eigenvalue weighted by atomic mass is 32.2. The zero-order valence-electron chi connectivity index (χ0n) is 12.4. The first-order valence-electron chi connectivity index (χ1n) is 6.65. The van der Waals surface area contributed by atoms with E-state index in [1.807, 2.05) is 48.7 Å². The molecule has 21 heavy (non-hydrogen) atoms. The lowest BCUT2D eigenvalue weighted by molar-refractivity contribution is -0.115. The van der Waals surface area contributed by atoms with Crippen molar-refractivity contribution < 1.29 is 4.79 Å². The molecule has 1 aromatic heterocycles. The van der Waals surface area contributed by atoms with Crippen LogP contribution in [0.4, 0.5) is 11.6 Å². The fourth-order valence-corrected chi connectivity index (χ4v) is 2.88. The van der Waals surface area contributed by atoms with Crippen LogP contribution in [0.25, 0.3) is 0 Å². The molecular formula is C14H19N5OS. The molecule has 2 aromatic rings. The van der Waals surface area contributed by atoms with Crippen molar-refractivity contribution in [2.45, 2.75) is 25.0 Å². The Bertz CT molecular complexity index is 611. The molecule has 0 atom stereocenters. The second-order valence-corrected chi connectivity index (χ2v) is 5.82. The third kappa shape index (κ3) is 3.55. The number of rotatable bonds is 5. The first-order chi connectivity index (χ1) is 10.0. The average Bonchev–Trinajstić information content (AvgIpc) is 2.86. The van der Waals surface area contributed by atoms with E-state index in [1.54, 1.807) is 11.9 Å². The van der Waals surface area contributed by atoms with Gasteiger partial charge in [0.2, 0.25) is 11.9 Å². The summed E-state index contributed by atoms with van der Waals surface area (Å²) in [5, 5.41) is 8.55. The Hall–Kier alpha value is -2.02. The van der Waals surface area contributed by atoms with Crippen LogP contribution in [0.15, 0.2) is 35.5 Å². The molecule has 0 saturated heterocycles. The van der Waals surface area contributed by atoms with Gasteiger partial charge in [-0.3, -0.25) is 9.36 Å². The van der Waals surface area contributed by atoms with Crippen LogP contribution >= 0.6 is 11.8 Å². The molecule has 0 radical (unpaired) electrons. The van der Waals surface area contributed by atoms with Crippen molar-refractivity contribution >= 4 is 29.3 Å². The van der Waals surface area contributed by atoms with Crippen molar-refractivity contribution in [1.29, 1.82) is 0 Å². The largest absolute Gasteiger partial charge is 0.368 e. The number of thioether (sulfide) groups is 1. The van der Waals surface area contributed by atoms with Gasteiger partial charge in [0.25, 0.3) is 0 Å². The molecule has 1 amide bonds. The number of benzene rings is 1. The molecule has 0 spiro atoms. The van der Waals surface area contributed by atoms with Gasteiger partial charge in [0, 0.05) is 18.8 Å².